The third kappa shape index (κ3) is 4.66. The van der Waals surface area contributed by atoms with Crippen molar-refractivity contribution in [2.24, 2.45) is 23.7 Å². The van der Waals surface area contributed by atoms with E-state index in [2.05, 4.69) is 18.3 Å². The van der Waals surface area contributed by atoms with E-state index in [1.54, 1.807) is 24.3 Å². The number of phenolic OH excluding ortho intramolecular Hbond substituents is 1. The SMILES string of the molecule is CC1CC(C#N)C(CNc2cccc(O)c2)[C@H]1CCCc1ccc(C(=O)O)o1. The van der Waals surface area contributed by atoms with E-state index < -0.39 is 5.97 Å². The van der Waals surface area contributed by atoms with Crippen LogP contribution in [0.3, 0.4) is 0 Å². The first-order valence-corrected chi connectivity index (χ1v) is 9.72. The van der Waals surface area contributed by atoms with Crippen LogP contribution < -0.4 is 5.32 Å². The van der Waals surface area contributed by atoms with Crippen molar-refractivity contribution in [2.45, 2.75) is 32.6 Å². The Morgan fingerprint density at radius 3 is 2.82 bits per heavy atom. The number of carbonyl (C=O) groups is 1. The molecule has 0 aliphatic heterocycles. The molecule has 3 N–H and O–H groups in total. The van der Waals surface area contributed by atoms with Gasteiger partial charge in [-0.1, -0.05) is 13.0 Å². The lowest BCUT2D eigenvalue weighted by Crippen LogP contribution is -2.25. The second kappa shape index (κ2) is 8.83. The van der Waals surface area contributed by atoms with Crippen LogP contribution in [0.2, 0.25) is 0 Å². The molecule has 6 nitrogen and oxygen atoms in total. The summed E-state index contributed by atoms with van der Waals surface area (Å²) in [6, 6.07) is 12.7. The fourth-order valence-corrected chi connectivity index (χ4v) is 4.40. The number of hydrogen-bond acceptors (Lipinski definition) is 5. The first-order chi connectivity index (χ1) is 13.5. The standard InChI is InChI=1S/C22H26N2O4/c1-14-10-15(12-23)20(13-24-16-4-2-5-17(25)11-16)19(14)7-3-6-18-8-9-21(28-18)22(26)27/h2,4-5,8-9,11,14-15,19-20,24-25H,3,6-7,10,13H2,1H3,(H,26,27)/t14?,15?,19-,20?/m0/s1. The largest absolute Gasteiger partial charge is 0.508 e. The van der Waals surface area contributed by atoms with Crippen molar-refractivity contribution in [1.29, 1.82) is 5.26 Å². The van der Waals surface area contributed by atoms with E-state index in [1.807, 2.05) is 6.07 Å². The highest BCUT2D eigenvalue weighted by Crippen LogP contribution is 2.44. The Bertz CT molecular complexity index is 854. The Hall–Kier alpha value is -2.94. The maximum atomic E-state index is 10.9. The molecule has 1 fully saturated rings. The molecule has 6 heteroatoms. The van der Waals surface area contributed by atoms with Gasteiger partial charge in [0, 0.05) is 24.7 Å². The molecule has 28 heavy (non-hydrogen) atoms. The zero-order valence-corrected chi connectivity index (χ0v) is 16.0. The van der Waals surface area contributed by atoms with E-state index in [0.29, 0.717) is 30.6 Å². The van der Waals surface area contributed by atoms with Crippen LogP contribution in [0.5, 0.6) is 5.75 Å². The minimum atomic E-state index is -1.05. The molecule has 3 unspecified atom stereocenters. The highest BCUT2D eigenvalue weighted by Gasteiger charge is 2.40. The molecule has 0 spiro atoms. The molecule has 1 aliphatic rings. The minimum Gasteiger partial charge on any atom is -0.508 e. The van der Waals surface area contributed by atoms with E-state index >= 15 is 0 Å². The molecule has 3 rings (SSSR count). The first-order valence-electron chi connectivity index (χ1n) is 9.72. The molecule has 1 aliphatic carbocycles. The van der Waals surface area contributed by atoms with Crippen molar-refractivity contribution in [2.75, 3.05) is 11.9 Å². The Morgan fingerprint density at radius 2 is 2.14 bits per heavy atom. The van der Waals surface area contributed by atoms with Gasteiger partial charge in [0.25, 0.3) is 0 Å². The average molecular weight is 382 g/mol. The molecule has 4 atom stereocenters. The molecule has 148 valence electrons. The van der Waals surface area contributed by atoms with Crippen LogP contribution in [0.25, 0.3) is 0 Å². The normalized spacial score (nSPS) is 24.0. The summed E-state index contributed by atoms with van der Waals surface area (Å²) >= 11 is 0. The number of nitriles is 1. The van der Waals surface area contributed by atoms with Crippen molar-refractivity contribution < 1.29 is 19.4 Å². The van der Waals surface area contributed by atoms with Gasteiger partial charge in [-0.2, -0.15) is 5.26 Å². The predicted molar refractivity (Wildman–Crippen MR) is 105 cm³/mol. The van der Waals surface area contributed by atoms with Crippen LogP contribution in [-0.2, 0) is 6.42 Å². The monoisotopic (exact) mass is 382 g/mol. The number of nitrogens with one attached hydrogen (secondary N) is 1. The van der Waals surface area contributed by atoms with Crippen LogP contribution in [0, 0.1) is 35.0 Å². The average Bonchev–Trinajstić information content (AvgIpc) is 3.25. The van der Waals surface area contributed by atoms with E-state index in [9.17, 15) is 15.2 Å². The number of carboxylic acids is 1. The molecule has 0 saturated heterocycles. The van der Waals surface area contributed by atoms with Gasteiger partial charge in [-0.3, -0.25) is 0 Å². The highest BCUT2D eigenvalue weighted by atomic mass is 16.4. The van der Waals surface area contributed by atoms with E-state index in [-0.39, 0.29) is 23.3 Å². The Labute approximate surface area is 164 Å². The Balaban J connectivity index is 1.58. The van der Waals surface area contributed by atoms with Crippen molar-refractivity contribution >= 4 is 11.7 Å². The quantitative estimate of drug-likeness (QED) is 0.619. The second-order valence-electron chi connectivity index (χ2n) is 7.67. The molecular formula is C22H26N2O4. The fourth-order valence-electron chi connectivity index (χ4n) is 4.40. The Morgan fingerprint density at radius 1 is 1.32 bits per heavy atom. The lowest BCUT2D eigenvalue weighted by Gasteiger charge is -2.25. The van der Waals surface area contributed by atoms with Gasteiger partial charge in [-0.05, 0) is 61.3 Å². The molecule has 0 amide bonds. The number of nitrogens with zero attached hydrogens (tertiary/aromatic N) is 1. The fraction of sp³-hybridized carbons (Fsp3) is 0.455. The Kier molecular flexibility index (Phi) is 6.25. The number of phenols is 1. The number of carboxylic acid groups (broad SMARTS) is 1. The van der Waals surface area contributed by atoms with Gasteiger partial charge in [0.05, 0.1) is 12.0 Å². The number of rotatable bonds is 8. The van der Waals surface area contributed by atoms with Gasteiger partial charge in [0.2, 0.25) is 5.76 Å². The molecule has 1 heterocycles. The zero-order chi connectivity index (χ0) is 20.1. The van der Waals surface area contributed by atoms with Crippen molar-refractivity contribution in [3.8, 4) is 11.8 Å². The van der Waals surface area contributed by atoms with E-state index in [0.717, 1.165) is 24.9 Å². The minimum absolute atomic E-state index is 0.0204. The zero-order valence-electron chi connectivity index (χ0n) is 16.0. The summed E-state index contributed by atoms with van der Waals surface area (Å²) in [4.78, 5) is 10.9. The second-order valence-corrected chi connectivity index (χ2v) is 7.67. The van der Waals surface area contributed by atoms with E-state index in [1.165, 1.54) is 6.07 Å². The van der Waals surface area contributed by atoms with Gasteiger partial charge < -0.3 is 19.9 Å². The number of aromatic carboxylic acids is 1. The van der Waals surface area contributed by atoms with Crippen LogP contribution in [0.1, 0.15) is 42.5 Å². The number of furan rings is 1. The summed E-state index contributed by atoms with van der Waals surface area (Å²) in [7, 11) is 0. The predicted octanol–water partition coefficient (Wildman–Crippen LogP) is 4.53. The summed E-state index contributed by atoms with van der Waals surface area (Å²) < 4.78 is 5.33. The van der Waals surface area contributed by atoms with Gasteiger partial charge in [-0.15, -0.1) is 0 Å². The molecule has 1 aromatic carbocycles. The summed E-state index contributed by atoms with van der Waals surface area (Å²) in [6.07, 6.45) is 3.45. The molecule has 0 bridgehead atoms. The summed E-state index contributed by atoms with van der Waals surface area (Å²) in [5, 5.41) is 31.5. The maximum Gasteiger partial charge on any atom is 0.371 e. The summed E-state index contributed by atoms with van der Waals surface area (Å²) in [6.45, 7) is 2.90. The van der Waals surface area contributed by atoms with Crippen molar-refractivity contribution in [3.63, 3.8) is 0 Å². The molecule has 1 aromatic heterocycles. The van der Waals surface area contributed by atoms with E-state index in [4.69, 9.17) is 9.52 Å². The van der Waals surface area contributed by atoms with Gasteiger partial charge in [0.1, 0.15) is 11.5 Å². The van der Waals surface area contributed by atoms with Gasteiger partial charge >= 0.3 is 5.97 Å². The lowest BCUT2D eigenvalue weighted by atomic mass is 9.83. The van der Waals surface area contributed by atoms with Crippen LogP contribution in [0.15, 0.2) is 40.8 Å². The van der Waals surface area contributed by atoms with Crippen molar-refractivity contribution in [3.05, 3.63) is 47.9 Å². The van der Waals surface area contributed by atoms with Gasteiger partial charge in [0.15, 0.2) is 0 Å². The summed E-state index contributed by atoms with van der Waals surface area (Å²) in [5.74, 6) is 0.981. The number of aryl methyl sites for hydroxylation is 1. The first kappa shape index (κ1) is 19.8. The van der Waals surface area contributed by atoms with Gasteiger partial charge in [-0.25, -0.2) is 4.79 Å². The number of hydrogen-bond donors (Lipinski definition) is 3. The van der Waals surface area contributed by atoms with Crippen LogP contribution >= 0.6 is 0 Å². The van der Waals surface area contributed by atoms with Crippen molar-refractivity contribution in [1.82, 2.24) is 0 Å². The number of aromatic hydroxyl groups is 1. The topological polar surface area (TPSA) is 106 Å². The third-order valence-corrected chi connectivity index (χ3v) is 5.81. The number of benzene rings is 1. The van der Waals surface area contributed by atoms with Crippen LogP contribution in [-0.4, -0.2) is 22.7 Å². The molecular weight excluding hydrogens is 356 g/mol. The smallest absolute Gasteiger partial charge is 0.371 e. The molecule has 0 radical (unpaired) electrons. The maximum absolute atomic E-state index is 10.9. The highest BCUT2D eigenvalue weighted by molar-refractivity contribution is 5.84. The molecule has 2 aromatic rings. The number of anilines is 1. The third-order valence-electron chi connectivity index (χ3n) is 5.81. The lowest BCUT2D eigenvalue weighted by molar-refractivity contribution is 0.0660. The molecule has 1 saturated carbocycles. The van der Waals surface area contributed by atoms with Crippen LogP contribution in [0.4, 0.5) is 5.69 Å². The summed E-state index contributed by atoms with van der Waals surface area (Å²) in [5.41, 5.74) is 0.853.